The fourth-order valence-corrected chi connectivity index (χ4v) is 6.24. The Labute approximate surface area is 178 Å². The maximum Gasteiger partial charge on any atom is 0.246 e. The number of amides is 1. The number of benzene rings is 1. The summed E-state index contributed by atoms with van der Waals surface area (Å²) in [7, 11) is -1.57. The number of nitrogens with zero attached hydrogens (tertiary/aromatic N) is 2. The Balaban J connectivity index is 1.36. The highest BCUT2D eigenvalue weighted by Gasteiger charge is 2.40. The second kappa shape index (κ2) is 8.78. The highest BCUT2D eigenvalue weighted by Crippen LogP contribution is 2.39. The van der Waals surface area contributed by atoms with E-state index in [0.717, 1.165) is 31.2 Å². The molecule has 1 saturated heterocycles. The summed E-state index contributed by atoms with van der Waals surface area (Å²) < 4.78 is 32.6. The van der Waals surface area contributed by atoms with Gasteiger partial charge in [-0.15, -0.1) is 0 Å². The Morgan fingerprint density at radius 2 is 1.93 bits per heavy atom. The number of hydrogen-bond acceptors (Lipinski definition) is 4. The smallest absolute Gasteiger partial charge is 0.246 e. The molecule has 1 saturated carbocycles. The van der Waals surface area contributed by atoms with E-state index in [4.69, 9.17) is 4.42 Å². The number of rotatable bonds is 5. The summed E-state index contributed by atoms with van der Waals surface area (Å²) in [6.45, 7) is 1.12. The van der Waals surface area contributed by atoms with Gasteiger partial charge in [0.15, 0.2) is 0 Å². The van der Waals surface area contributed by atoms with E-state index < -0.39 is 10.0 Å². The zero-order valence-electron chi connectivity index (χ0n) is 17.2. The summed E-state index contributed by atoms with van der Waals surface area (Å²) in [6.07, 6.45) is 10.2. The molecule has 160 valence electrons. The van der Waals surface area contributed by atoms with Crippen LogP contribution in [0.15, 0.2) is 64.3 Å². The van der Waals surface area contributed by atoms with Crippen molar-refractivity contribution in [2.24, 2.45) is 11.8 Å². The Morgan fingerprint density at radius 3 is 2.67 bits per heavy atom. The zero-order valence-corrected chi connectivity index (χ0v) is 18.0. The van der Waals surface area contributed by atoms with E-state index in [0.29, 0.717) is 29.8 Å². The third kappa shape index (κ3) is 4.37. The predicted octanol–water partition coefficient (Wildman–Crippen LogP) is 3.63. The zero-order chi connectivity index (χ0) is 21.1. The number of furan rings is 1. The lowest BCUT2D eigenvalue weighted by Gasteiger charge is -2.44. The van der Waals surface area contributed by atoms with Crippen molar-refractivity contribution in [2.75, 3.05) is 20.1 Å². The van der Waals surface area contributed by atoms with E-state index in [1.165, 1.54) is 0 Å². The largest absolute Gasteiger partial charge is 0.472 e. The van der Waals surface area contributed by atoms with Crippen LogP contribution < -0.4 is 0 Å². The first-order valence-corrected chi connectivity index (χ1v) is 11.9. The molecule has 2 aliphatic rings. The molecule has 1 aliphatic carbocycles. The van der Waals surface area contributed by atoms with E-state index >= 15 is 0 Å². The lowest BCUT2D eigenvalue weighted by molar-refractivity contribution is -0.128. The average Bonchev–Trinajstić information content (AvgIpc) is 3.30. The quantitative estimate of drug-likeness (QED) is 0.682. The molecule has 0 spiro atoms. The number of fused-ring (bicyclic) bond motifs is 1. The van der Waals surface area contributed by atoms with Gasteiger partial charge in [0, 0.05) is 37.8 Å². The minimum atomic E-state index is -3.43. The van der Waals surface area contributed by atoms with E-state index in [1.807, 2.05) is 24.1 Å². The van der Waals surface area contributed by atoms with Gasteiger partial charge in [0.2, 0.25) is 15.9 Å². The second-order valence-electron chi connectivity index (χ2n) is 8.29. The third-order valence-corrected chi connectivity index (χ3v) is 8.42. The second-order valence-corrected chi connectivity index (χ2v) is 10.2. The molecule has 0 N–H and O–H groups in total. The van der Waals surface area contributed by atoms with Gasteiger partial charge in [-0.3, -0.25) is 4.79 Å². The molecule has 4 rings (SSSR count). The Hall–Kier alpha value is -2.38. The summed E-state index contributed by atoms with van der Waals surface area (Å²) in [4.78, 5) is 14.8. The Morgan fingerprint density at radius 1 is 1.13 bits per heavy atom. The normalized spacial score (nSPS) is 25.2. The van der Waals surface area contributed by atoms with Crippen molar-refractivity contribution in [3.63, 3.8) is 0 Å². The van der Waals surface area contributed by atoms with Crippen molar-refractivity contribution in [1.29, 1.82) is 0 Å². The number of piperidine rings is 1. The Bertz CT molecular complexity index is 985. The van der Waals surface area contributed by atoms with Crippen LogP contribution in [0.3, 0.4) is 0 Å². The molecule has 7 heteroatoms. The van der Waals surface area contributed by atoms with E-state index in [9.17, 15) is 13.2 Å². The minimum Gasteiger partial charge on any atom is -0.472 e. The standard InChI is InChI=1S/C23H28N2O4S/c1-24(23(26)10-7-18-12-14-29-17-18)21-9-8-20-16-25(13-11-19(20)15-21)30(27,28)22-5-3-2-4-6-22/h2-7,10,12,14,17,19-21H,8-9,11,13,15-16H2,1H3/b10-7+/t19-,20+,21-/m0/s1. The fraction of sp³-hybridized carbons (Fsp3) is 0.435. The number of sulfonamides is 1. The third-order valence-electron chi connectivity index (χ3n) is 6.54. The van der Waals surface area contributed by atoms with Gasteiger partial charge in [0.05, 0.1) is 17.4 Å². The highest BCUT2D eigenvalue weighted by atomic mass is 32.2. The monoisotopic (exact) mass is 428 g/mol. The van der Waals surface area contributed by atoms with Gasteiger partial charge in [-0.2, -0.15) is 4.31 Å². The average molecular weight is 429 g/mol. The van der Waals surface area contributed by atoms with E-state index in [2.05, 4.69) is 0 Å². The summed E-state index contributed by atoms with van der Waals surface area (Å²) in [5.41, 5.74) is 0.868. The van der Waals surface area contributed by atoms with Crippen molar-refractivity contribution < 1.29 is 17.6 Å². The van der Waals surface area contributed by atoms with Gasteiger partial charge in [-0.25, -0.2) is 8.42 Å². The van der Waals surface area contributed by atoms with Crippen LogP contribution in [-0.4, -0.2) is 49.7 Å². The van der Waals surface area contributed by atoms with Crippen LogP contribution in [0.4, 0.5) is 0 Å². The molecule has 30 heavy (non-hydrogen) atoms. The van der Waals surface area contributed by atoms with Gasteiger partial charge in [0.1, 0.15) is 0 Å². The lowest BCUT2D eigenvalue weighted by Crippen LogP contribution is -2.49. The van der Waals surface area contributed by atoms with Crippen molar-refractivity contribution in [3.05, 3.63) is 60.6 Å². The first-order chi connectivity index (χ1) is 14.4. The number of carbonyl (C=O) groups excluding carboxylic acids is 1. The number of likely N-dealkylation sites (N-methyl/N-ethyl adjacent to an activating group) is 1. The van der Waals surface area contributed by atoms with Crippen LogP contribution in [0.1, 0.15) is 31.2 Å². The van der Waals surface area contributed by atoms with Gasteiger partial charge in [-0.05, 0) is 61.8 Å². The summed E-state index contributed by atoms with van der Waals surface area (Å²) in [6, 6.07) is 10.7. The van der Waals surface area contributed by atoms with Crippen LogP contribution >= 0.6 is 0 Å². The summed E-state index contributed by atoms with van der Waals surface area (Å²) >= 11 is 0. The van der Waals surface area contributed by atoms with Crippen LogP contribution in [0, 0.1) is 11.8 Å². The summed E-state index contributed by atoms with van der Waals surface area (Å²) in [5, 5.41) is 0. The molecule has 0 bridgehead atoms. The number of hydrogen-bond donors (Lipinski definition) is 0. The van der Waals surface area contributed by atoms with Crippen molar-refractivity contribution in [2.45, 2.75) is 36.6 Å². The van der Waals surface area contributed by atoms with Crippen LogP contribution in [0.25, 0.3) is 6.08 Å². The van der Waals surface area contributed by atoms with Gasteiger partial charge in [0.25, 0.3) is 0 Å². The molecule has 6 nitrogen and oxygen atoms in total. The molecule has 1 aromatic heterocycles. The van der Waals surface area contributed by atoms with E-state index in [1.54, 1.807) is 53.2 Å². The first kappa shape index (κ1) is 20.9. The first-order valence-electron chi connectivity index (χ1n) is 10.5. The molecule has 2 aromatic rings. The fourth-order valence-electron chi connectivity index (χ4n) is 4.70. The SMILES string of the molecule is CN(C(=O)/C=C/c1ccoc1)[C@H]1CC[C@@H]2CN(S(=O)(=O)c3ccccc3)CC[C@H]2C1. The minimum absolute atomic E-state index is 0.0104. The predicted molar refractivity (Wildman–Crippen MR) is 115 cm³/mol. The van der Waals surface area contributed by atoms with E-state index in [-0.39, 0.29) is 11.9 Å². The topological polar surface area (TPSA) is 70.8 Å². The van der Waals surface area contributed by atoms with Crippen molar-refractivity contribution >= 4 is 22.0 Å². The highest BCUT2D eigenvalue weighted by molar-refractivity contribution is 7.89. The maximum atomic E-state index is 13.0. The van der Waals surface area contributed by atoms with Crippen molar-refractivity contribution in [1.82, 2.24) is 9.21 Å². The molecular weight excluding hydrogens is 400 g/mol. The lowest BCUT2D eigenvalue weighted by atomic mass is 9.73. The summed E-state index contributed by atoms with van der Waals surface area (Å²) in [5.74, 6) is 0.807. The van der Waals surface area contributed by atoms with Crippen LogP contribution in [0.5, 0.6) is 0 Å². The molecule has 1 aromatic carbocycles. The molecular formula is C23H28N2O4S. The van der Waals surface area contributed by atoms with Crippen LogP contribution in [0.2, 0.25) is 0 Å². The molecule has 2 heterocycles. The Kier molecular flexibility index (Phi) is 6.11. The molecule has 0 unspecified atom stereocenters. The number of carbonyl (C=O) groups is 1. The molecule has 1 amide bonds. The molecule has 3 atom stereocenters. The van der Waals surface area contributed by atoms with Crippen LogP contribution in [-0.2, 0) is 14.8 Å². The molecule has 0 radical (unpaired) electrons. The maximum absolute atomic E-state index is 13.0. The van der Waals surface area contributed by atoms with Crippen molar-refractivity contribution in [3.8, 4) is 0 Å². The molecule has 2 fully saturated rings. The van der Waals surface area contributed by atoms with Gasteiger partial charge < -0.3 is 9.32 Å². The van der Waals surface area contributed by atoms with Gasteiger partial charge in [-0.1, -0.05) is 18.2 Å². The molecule has 1 aliphatic heterocycles. The van der Waals surface area contributed by atoms with Gasteiger partial charge >= 0.3 is 0 Å².